The van der Waals surface area contributed by atoms with Crippen molar-refractivity contribution >= 4 is 15.9 Å². The lowest BCUT2D eigenvalue weighted by Gasteiger charge is -2.07. The van der Waals surface area contributed by atoms with Gasteiger partial charge in [0.2, 0.25) is 0 Å². The van der Waals surface area contributed by atoms with Crippen LogP contribution in [0.25, 0.3) is 22.3 Å². The molecule has 3 rings (SSSR count). The van der Waals surface area contributed by atoms with Gasteiger partial charge in [-0.3, -0.25) is 0 Å². The number of halogens is 1. The molecule has 0 aliphatic carbocycles. The fraction of sp³-hybridized carbons (Fsp3) is 0.0526. The van der Waals surface area contributed by atoms with Crippen molar-refractivity contribution < 1.29 is 0 Å². The third kappa shape index (κ3) is 2.68. The Labute approximate surface area is 128 Å². The van der Waals surface area contributed by atoms with Gasteiger partial charge in [-0.15, -0.1) is 0 Å². The van der Waals surface area contributed by atoms with Gasteiger partial charge in [0.05, 0.1) is 0 Å². The van der Waals surface area contributed by atoms with E-state index in [1.165, 1.54) is 27.8 Å². The SMILES string of the molecule is Cc1cc(-c2cccc(-c3ccccc3)c2)ccc1Br. The second kappa shape index (κ2) is 5.64. The van der Waals surface area contributed by atoms with Crippen LogP contribution in [0, 0.1) is 6.92 Å². The Balaban J connectivity index is 2.05. The van der Waals surface area contributed by atoms with Gasteiger partial charge in [-0.2, -0.15) is 0 Å². The smallest absolute Gasteiger partial charge is 0.0204 e. The summed E-state index contributed by atoms with van der Waals surface area (Å²) in [5.74, 6) is 0. The largest absolute Gasteiger partial charge is 0.0622 e. The first kappa shape index (κ1) is 13.1. The topological polar surface area (TPSA) is 0 Å². The average molecular weight is 323 g/mol. The fourth-order valence-corrected chi connectivity index (χ4v) is 2.58. The van der Waals surface area contributed by atoms with E-state index in [4.69, 9.17) is 0 Å². The van der Waals surface area contributed by atoms with Crippen molar-refractivity contribution in [3.8, 4) is 22.3 Å². The third-order valence-electron chi connectivity index (χ3n) is 3.46. The van der Waals surface area contributed by atoms with E-state index in [0.29, 0.717) is 0 Å². The van der Waals surface area contributed by atoms with E-state index < -0.39 is 0 Å². The molecular weight excluding hydrogens is 308 g/mol. The molecule has 0 heterocycles. The minimum atomic E-state index is 1.15. The Morgan fingerprint density at radius 2 is 1.20 bits per heavy atom. The van der Waals surface area contributed by atoms with E-state index >= 15 is 0 Å². The molecule has 0 bridgehead atoms. The van der Waals surface area contributed by atoms with Crippen molar-refractivity contribution in [3.63, 3.8) is 0 Å². The first-order chi connectivity index (χ1) is 9.74. The molecule has 0 fully saturated rings. The Morgan fingerprint density at radius 3 is 1.90 bits per heavy atom. The van der Waals surface area contributed by atoms with Crippen molar-refractivity contribution in [2.24, 2.45) is 0 Å². The van der Waals surface area contributed by atoms with Crippen LogP contribution in [0.3, 0.4) is 0 Å². The molecule has 0 radical (unpaired) electrons. The Hall–Kier alpha value is -1.86. The molecule has 3 aromatic rings. The summed E-state index contributed by atoms with van der Waals surface area (Å²) >= 11 is 3.55. The summed E-state index contributed by atoms with van der Waals surface area (Å²) in [5, 5.41) is 0. The zero-order chi connectivity index (χ0) is 13.9. The molecule has 0 nitrogen and oxygen atoms in total. The van der Waals surface area contributed by atoms with Crippen LogP contribution in [-0.2, 0) is 0 Å². The van der Waals surface area contributed by atoms with Crippen molar-refractivity contribution in [1.29, 1.82) is 0 Å². The third-order valence-corrected chi connectivity index (χ3v) is 4.35. The molecule has 0 N–H and O–H groups in total. The molecule has 0 aliphatic rings. The Morgan fingerprint density at radius 1 is 0.600 bits per heavy atom. The molecule has 98 valence electrons. The summed E-state index contributed by atoms with van der Waals surface area (Å²) in [5.41, 5.74) is 6.27. The highest BCUT2D eigenvalue weighted by Crippen LogP contribution is 2.28. The summed E-state index contributed by atoms with van der Waals surface area (Å²) in [6, 6.07) is 25.7. The molecular formula is C19H15Br. The van der Waals surface area contributed by atoms with E-state index in [9.17, 15) is 0 Å². The highest BCUT2D eigenvalue weighted by molar-refractivity contribution is 9.10. The van der Waals surface area contributed by atoms with Crippen LogP contribution in [-0.4, -0.2) is 0 Å². The van der Waals surface area contributed by atoms with Crippen molar-refractivity contribution in [2.75, 3.05) is 0 Å². The van der Waals surface area contributed by atoms with Gasteiger partial charge in [-0.05, 0) is 46.9 Å². The number of benzene rings is 3. The minimum absolute atomic E-state index is 1.15. The Kier molecular flexibility index (Phi) is 3.70. The highest BCUT2D eigenvalue weighted by Gasteiger charge is 2.03. The van der Waals surface area contributed by atoms with E-state index in [-0.39, 0.29) is 0 Å². The van der Waals surface area contributed by atoms with E-state index in [1.54, 1.807) is 0 Å². The molecule has 0 aliphatic heterocycles. The van der Waals surface area contributed by atoms with Crippen LogP contribution in [0.2, 0.25) is 0 Å². The zero-order valence-corrected chi connectivity index (χ0v) is 12.9. The molecule has 0 spiro atoms. The number of aryl methyl sites for hydroxylation is 1. The van der Waals surface area contributed by atoms with Crippen molar-refractivity contribution in [1.82, 2.24) is 0 Å². The summed E-state index contributed by atoms with van der Waals surface area (Å²) < 4.78 is 1.15. The minimum Gasteiger partial charge on any atom is -0.0622 e. The molecule has 0 amide bonds. The van der Waals surface area contributed by atoms with E-state index in [0.717, 1.165) is 4.47 Å². The molecule has 0 saturated carbocycles. The second-order valence-electron chi connectivity index (χ2n) is 4.91. The van der Waals surface area contributed by atoms with Crippen LogP contribution < -0.4 is 0 Å². The second-order valence-corrected chi connectivity index (χ2v) is 5.77. The van der Waals surface area contributed by atoms with Crippen LogP contribution in [0.1, 0.15) is 5.56 Å². The lowest BCUT2D eigenvalue weighted by molar-refractivity contribution is 1.43. The number of rotatable bonds is 2. The molecule has 0 saturated heterocycles. The Bertz CT molecular complexity index is 730. The van der Waals surface area contributed by atoms with Crippen LogP contribution in [0.4, 0.5) is 0 Å². The molecule has 20 heavy (non-hydrogen) atoms. The predicted molar refractivity (Wildman–Crippen MR) is 89.8 cm³/mol. The number of hydrogen-bond donors (Lipinski definition) is 0. The lowest BCUT2D eigenvalue weighted by Crippen LogP contribution is -1.83. The maximum Gasteiger partial charge on any atom is 0.0204 e. The first-order valence-corrected chi connectivity index (χ1v) is 7.45. The van der Waals surface area contributed by atoms with Crippen LogP contribution in [0.15, 0.2) is 77.3 Å². The molecule has 0 atom stereocenters. The highest BCUT2D eigenvalue weighted by atomic mass is 79.9. The van der Waals surface area contributed by atoms with Gasteiger partial charge in [0, 0.05) is 4.47 Å². The molecule has 0 unspecified atom stereocenters. The van der Waals surface area contributed by atoms with Gasteiger partial charge in [0.1, 0.15) is 0 Å². The van der Waals surface area contributed by atoms with E-state index in [2.05, 4.69) is 89.6 Å². The summed E-state index contributed by atoms with van der Waals surface area (Å²) in [6.07, 6.45) is 0. The lowest BCUT2D eigenvalue weighted by atomic mass is 9.98. The maximum atomic E-state index is 3.55. The molecule has 0 aromatic heterocycles. The monoisotopic (exact) mass is 322 g/mol. The summed E-state index contributed by atoms with van der Waals surface area (Å²) in [4.78, 5) is 0. The van der Waals surface area contributed by atoms with Crippen molar-refractivity contribution in [3.05, 3.63) is 82.8 Å². The van der Waals surface area contributed by atoms with Crippen LogP contribution >= 0.6 is 15.9 Å². The quantitative estimate of drug-likeness (QED) is 0.535. The van der Waals surface area contributed by atoms with Gasteiger partial charge in [0.25, 0.3) is 0 Å². The standard InChI is InChI=1S/C19H15Br/c1-14-12-18(10-11-19(14)20)17-9-5-8-16(13-17)15-6-3-2-4-7-15/h2-13H,1H3. The van der Waals surface area contributed by atoms with Crippen molar-refractivity contribution in [2.45, 2.75) is 6.92 Å². The van der Waals surface area contributed by atoms with Crippen LogP contribution in [0.5, 0.6) is 0 Å². The summed E-state index contributed by atoms with van der Waals surface area (Å²) in [7, 11) is 0. The molecule has 1 heteroatoms. The average Bonchev–Trinajstić information content (AvgIpc) is 2.51. The van der Waals surface area contributed by atoms with E-state index in [1.807, 2.05) is 6.07 Å². The zero-order valence-electron chi connectivity index (χ0n) is 11.3. The molecule has 3 aromatic carbocycles. The van der Waals surface area contributed by atoms with Gasteiger partial charge in [-0.1, -0.05) is 76.6 Å². The normalized spacial score (nSPS) is 10.5. The predicted octanol–water partition coefficient (Wildman–Crippen LogP) is 6.09. The van der Waals surface area contributed by atoms with Gasteiger partial charge >= 0.3 is 0 Å². The first-order valence-electron chi connectivity index (χ1n) is 6.66. The maximum absolute atomic E-state index is 3.55. The van der Waals surface area contributed by atoms with Gasteiger partial charge < -0.3 is 0 Å². The van der Waals surface area contributed by atoms with Gasteiger partial charge in [0.15, 0.2) is 0 Å². The number of hydrogen-bond acceptors (Lipinski definition) is 0. The summed E-state index contributed by atoms with van der Waals surface area (Å²) in [6.45, 7) is 2.12. The van der Waals surface area contributed by atoms with Gasteiger partial charge in [-0.25, -0.2) is 0 Å². The fourth-order valence-electron chi connectivity index (χ4n) is 2.33.